The average molecular weight is 267 g/mol. The van der Waals surface area contributed by atoms with Crippen molar-refractivity contribution >= 4 is 0 Å². The lowest BCUT2D eigenvalue weighted by Crippen LogP contribution is -2.30. The van der Waals surface area contributed by atoms with E-state index in [0.717, 1.165) is 31.6 Å². The zero-order valence-corrected chi connectivity index (χ0v) is 12.1. The lowest BCUT2D eigenvalue weighted by Gasteiger charge is -2.29. The molecule has 0 spiro atoms. The summed E-state index contributed by atoms with van der Waals surface area (Å²) in [4.78, 5) is 4.56. The second kappa shape index (κ2) is 7.01. The third-order valence-electron chi connectivity index (χ3n) is 3.80. The van der Waals surface area contributed by atoms with E-state index in [9.17, 15) is 0 Å². The number of hydrogen-bond donors (Lipinski definition) is 1. The van der Waals surface area contributed by atoms with Crippen molar-refractivity contribution in [3.8, 4) is 0 Å². The third-order valence-corrected chi connectivity index (χ3v) is 3.80. The summed E-state index contributed by atoms with van der Waals surface area (Å²) in [6, 6.07) is 0. The van der Waals surface area contributed by atoms with Crippen molar-refractivity contribution in [3.05, 3.63) is 11.7 Å². The van der Waals surface area contributed by atoms with Crippen LogP contribution in [0.5, 0.6) is 0 Å². The van der Waals surface area contributed by atoms with E-state index in [0.29, 0.717) is 12.5 Å². The molecule has 1 aromatic heterocycles. The van der Waals surface area contributed by atoms with Gasteiger partial charge in [-0.05, 0) is 26.8 Å². The van der Waals surface area contributed by atoms with Crippen LogP contribution in [-0.2, 0) is 16.8 Å². The van der Waals surface area contributed by atoms with Crippen LogP contribution in [0, 0.1) is 0 Å². The van der Waals surface area contributed by atoms with Crippen LogP contribution in [0.3, 0.4) is 0 Å². The Balaban J connectivity index is 2.14. The summed E-state index contributed by atoms with van der Waals surface area (Å²) in [5.41, 5.74) is -0.313. The predicted molar refractivity (Wildman–Crippen MR) is 72.9 cm³/mol. The topological polar surface area (TPSA) is 60.2 Å². The van der Waals surface area contributed by atoms with E-state index >= 15 is 0 Å². The smallest absolute Gasteiger partial charge is 0.228 e. The highest BCUT2D eigenvalue weighted by molar-refractivity contribution is 5.03. The van der Waals surface area contributed by atoms with Gasteiger partial charge >= 0.3 is 0 Å². The molecule has 0 atom stereocenters. The number of likely N-dealkylation sites (N-methyl/N-ethyl adjacent to an activating group) is 1. The summed E-state index contributed by atoms with van der Waals surface area (Å²) in [7, 11) is 1.92. The molecule has 0 saturated heterocycles. The van der Waals surface area contributed by atoms with Gasteiger partial charge in [0.15, 0.2) is 0 Å². The molecule has 0 bridgehead atoms. The van der Waals surface area contributed by atoms with Gasteiger partial charge in [0.25, 0.3) is 0 Å². The van der Waals surface area contributed by atoms with Crippen LogP contribution in [0.1, 0.15) is 57.2 Å². The molecule has 108 valence electrons. The fourth-order valence-corrected chi connectivity index (χ4v) is 2.78. The first kappa shape index (κ1) is 14.5. The summed E-state index contributed by atoms with van der Waals surface area (Å²) in [5.74, 6) is 1.45. The second-order valence-electron chi connectivity index (χ2n) is 5.21. The van der Waals surface area contributed by atoms with Crippen LogP contribution in [0.15, 0.2) is 4.52 Å². The minimum Gasteiger partial charge on any atom is -0.367 e. The molecule has 0 radical (unpaired) electrons. The first-order chi connectivity index (χ1) is 9.30. The third kappa shape index (κ3) is 3.54. The molecule has 1 saturated carbocycles. The molecule has 2 rings (SSSR count). The number of nitrogens with zero attached hydrogens (tertiary/aromatic N) is 2. The van der Waals surface area contributed by atoms with Crippen molar-refractivity contribution in [2.24, 2.45) is 0 Å². The molecule has 1 aliphatic carbocycles. The molecule has 1 fully saturated rings. The summed E-state index contributed by atoms with van der Waals surface area (Å²) < 4.78 is 11.4. The highest BCUT2D eigenvalue weighted by Crippen LogP contribution is 2.37. The van der Waals surface area contributed by atoms with Gasteiger partial charge in [0.05, 0.1) is 0 Å². The fourth-order valence-electron chi connectivity index (χ4n) is 2.78. The van der Waals surface area contributed by atoms with Gasteiger partial charge in [-0.3, -0.25) is 0 Å². The lowest BCUT2D eigenvalue weighted by molar-refractivity contribution is -0.0636. The maximum atomic E-state index is 6.05. The van der Waals surface area contributed by atoms with E-state index in [4.69, 9.17) is 9.26 Å². The van der Waals surface area contributed by atoms with Gasteiger partial charge in [-0.1, -0.05) is 30.8 Å². The molecular formula is C14H25N3O2. The van der Waals surface area contributed by atoms with E-state index < -0.39 is 0 Å². The van der Waals surface area contributed by atoms with Gasteiger partial charge in [0.1, 0.15) is 5.60 Å². The van der Waals surface area contributed by atoms with Crippen molar-refractivity contribution in [1.82, 2.24) is 15.5 Å². The zero-order chi connectivity index (χ0) is 13.6. The van der Waals surface area contributed by atoms with Gasteiger partial charge in [0, 0.05) is 19.6 Å². The van der Waals surface area contributed by atoms with Crippen LogP contribution in [0.2, 0.25) is 0 Å². The maximum Gasteiger partial charge on any atom is 0.228 e. The molecule has 0 amide bonds. The van der Waals surface area contributed by atoms with Gasteiger partial charge in [0.2, 0.25) is 11.7 Å². The zero-order valence-electron chi connectivity index (χ0n) is 12.1. The Kier molecular flexibility index (Phi) is 5.34. The van der Waals surface area contributed by atoms with E-state index in [2.05, 4.69) is 15.5 Å². The standard InChI is InChI=1S/C14H25N3O2/c1-3-18-14(9-6-4-5-7-10-14)13-16-12(19-17-13)8-11-15-2/h15H,3-11H2,1-2H3. The Labute approximate surface area is 115 Å². The van der Waals surface area contributed by atoms with Gasteiger partial charge in [-0.2, -0.15) is 4.98 Å². The Bertz CT molecular complexity index is 371. The van der Waals surface area contributed by atoms with Gasteiger partial charge in [-0.15, -0.1) is 0 Å². The van der Waals surface area contributed by atoms with Crippen LogP contribution in [0.4, 0.5) is 0 Å². The molecule has 0 unspecified atom stereocenters. The van der Waals surface area contributed by atoms with Crippen LogP contribution < -0.4 is 5.32 Å². The fraction of sp³-hybridized carbons (Fsp3) is 0.857. The molecule has 1 aromatic rings. The number of aromatic nitrogens is 2. The number of hydrogen-bond acceptors (Lipinski definition) is 5. The van der Waals surface area contributed by atoms with Crippen molar-refractivity contribution in [3.63, 3.8) is 0 Å². The normalized spacial score (nSPS) is 19.3. The Morgan fingerprint density at radius 2 is 2.00 bits per heavy atom. The predicted octanol–water partition coefficient (Wildman–Crippen LogP) is 2.42. The first-order valence-electron chi connectivity index (χ1n) is 7.42. The molecule has 5 nitrogen and oxygen atoms in total. The van der Waals surface area contributed by atoms with E-state index in [1.54, 1.807) is 0 Å². The van der Waals surface area contributed by atoms with Crippen molar-refractivity contribution in [1.29, 1.82) is 0 Å². The summed E-state index contributed by atoms with van der Waals surface area (Å²) in [5, 5.41) is 7.28. The first-order valence-corrected chi connectivity index (χ1v) is 7.42. The molecule has 0 aliphatic heterocycles. The molecule has 19 heavy (non-hydrogen) atoms. The lowest BCUT2D eigenvalue weighted by atomic mass is 9.93. The number of ether oxygens (including phenoxy) is 1. The van der Waals surface area contributed by atoms with E-state index in [1.807, 2.05) is 14.0 Å². The minimum absolute atomic E-state index is 0.313. The summed E-state index contributed by atoms with van der Waals surface area (Å²) >= 11 is 0. The minimum atomic E-state index is -0.313. The Morgan fingerprint density at radius 3 is 2.63 bits per heavy atom. The molecule has 1 N–H and O–H groups in total. The molecule has 1 aliphatic rings. The molecule has 0 aromatic carbocycles. The van der Waals surface area contributed by atoms with Crippen molar-refractivity contribution in [2.75, 3.05) is 20.2 Å². The SMILES string of the molecule is CCOC1(c2noc(CCNC)n2)CCCCCC1. The maximum absolute atomic E-state index is 6.05. The van der Waals surface area contributed by atoms with Crippen molar-refractivity contribution < 1.29 is 9.26 Å². The van der Waals surface area contributed by atoms with Crippen LogP contribution >= 0.6 is 0 Å². The molecule has 5 heteroatoms. The Hall–Kier alpha value is -0.940. The van der Waals surface area contributed by atoms with Crippen LogP contribution in [0.25, 0.3) is 0 Å². The van der Waals surface area contributed by atoms with Crippen LogP contribution in [-0.4, -0.2) is 30.3 Å². The van der Waals surface area contributed by atoms with Gasteiger partial charge < -0.3 is 14.6 Å². The number of rotatable bonds is 6. The highest BCUT2D eigenvalue weighted by atomic mass is 16.5. The highest BCUT2D eigenvalue weighted by Gasteiger charge is 2.38. The van der Waals surface area contributed by atoms with E-state index in [-0.39, 0.29) is 5.60 Å². The average Bonchev–Trinajstić information content (AvgIpc) is 2.77. The monoisotopic (exact) mass is 267 g/mol. The molecular weight excluding hydrogens is 242 g/mol. The second-order valence-corrected chi connectivity index (χ2v) is 5.21. The quantitative estimate of drug-likeness (QED) is 0.802. The summed E-state index contributed by atoms with van der Waals surface area (Å²) in [6.07, 6.45) is 7.70. The van der Waals surface area contributed by atoms with Gasteiger partial charge in [-0.25, -0.2) is 0 Å². The molecule has 1 heterocycles. The number of nitrogens with one attached hydrogen (secondary N) is 1. The summed E-state index contributed by atoms with van der Waals surface area (Å²) in [6.45, 7) is 3.58. The van der Waals surface area contributed by atoms with E-state index in [1.165, 1.54) is 25.7 Å². The Morgan fingerprint density at radius 1 is 1.26 bits per heavy atom. The van der Waals surface area contributed by atoms with Crippen molar-refractivity contribution in [2.45, 2.75) is 57.5 Å². The largest absolute Gasteiger partial charge is 0.367 e.